The van der Waals surface area contributed by atoms with E-state index in [-0.39, 0.29) is 11.3 Å². The average molecular weight is 374 g/mol. The molecule has 0 aliphatic heterocycles. The molecule has 0 spiro atoms. The van der Waals surface area contributed by atoms with Crippen molar-refractivity contribution in [3.63, 3.8) is 0 Å². The summed E-state index contributed by atoms with van der Waals surface area (Å²) >= 11 is 0. The molecule has 1 N–H and O–H groups in total. The van der Waals surface area contributed by atoms with Crippen molar-refractivity contribution in [2.24, 2.45) is 0 Å². The summed E-state index contributed by atoms with van der Waals surface area (Å²) in [5, 5.41) is 7.85. The average Bonchev–Trinajstić information content (AvgIpc) is 3.33. The predicted octanol–water partition coefficient (Wildman–Crippen LogP) is 4.73. The summed E-state index contributed by atoms with van der Waals surface area (Å²) in [6.07, 6.45) is 4.68. The first-order valence-electron chi connectivity index (χ1n) is 10.1. The van der Waals surface area contributed by atoms with Crippen LogP contribution in [0, 0.1) is 13.8 Å². The Bertz CT molecular complexity index is 954. The Morgan fingerprint density at radius 2 is 1.61 bits per heavy atom. The lowest BCUT2D eigenvalue weighted by atomic mass is 9.79. The summed E-state index contributed by atoms with van der Waals surface area (Å²) in [6, 6.07) is 20.6. The van der Waals surface area contributed by atoms with Crippen molar-refractivity contribution in [3.8, 4) is 5.69 Å². The minimum absolute atomic E-state index is 0.0283. The van der Waals surface area contributed by atoms with Gasteiger partial charge >= 0.3 is 0 Å². The quantitative estimate of drug-likeness (QED) is 0.703. The van der Waals surface area contributed by atoms with Crippen molar-refractivity contribution in [1.29, 1.82) is 0 Å². The van der Waals surface area contributed by atoms with E-state index in [2.05, 4.69) is 40.7 Å². The van der Waals surface area contributed by atoms with Gasteiger partial charge in [0.1, 0.15) is 0 Å². The molecule has 0 saturated heterocycles. The molecule has 0 unspecified atom stereocenters. The fraction of sp³-hybridized carbons (Fsp3) is 0.333. The van der Waals surface area contributed by atoms with E-state index in [1.165, 1.54) is 18.4 Å². The molecule has 0 bridgehead atoms. The van der Waals surface area contributed by atoms with Crippen LogP contribution in [0.25, 0.3) is 5.69 Å². The number of carbonyl (C=O) groups is 1. The predicted molar refractivity (Wildman–Crippen MR) is 112 cm³/mol. The van der Waals surface area contributed by atoms with Crippen LogP contribution in [0.2, 0.25) is 0 Å². The standard InChI is InChI=1S/C24H27N3O/c1-18-22(19(2)27(26-18)21-13-7-4-8-14-21)23(28)25-17-24(15-9-10-16-24)20-11-5-3-6-12-20/h3-8,11-14H,9-10,15-17H2,1-2H3,(H,25,28). The Morgan fingerprint density at radius 3 is 2.25 bits per heavy atom. The topological polar surface area (TPSA) is 46.9 Å². The fourth-order valence-electron chi connectivity index (χ4n) is 4.54. The number of aromatic nitrogens is 2. The smallest absolute Gasteiger partial charge is 0.255 e. The van der Waals surface area contributed by atoms with Crippen LogP contribution in [0.5, 0.6) is 0 Å². The van der Waals surface area contributed by atoms with Gasteiger partial charge in [-0.25, -0.2) is 4.68 Å². The van der Waals surface area contributed by atoms with Gasteiger partial charge in [-0.05, 0) is 44.4 Å². The van der Waals surface area contributed by atoms with Crippen LogP contribution in [-0.4, -0.2) is 22.2 Å². The third kappa shape index (κ3) is 3.35. The summed E-state index contributed by atoms with van der Waals surface area (Å²) < 4.78 is 1.85. The number of nitrogens with zero attached hydrogens (tertiary/aromatic N) is 2. The third-order valence-electron chi connectivity index (χ3n) is 6.05. The van der Waals surface area contributed by atoms with Crippen LogP contribution in [-0.2, 0) is 5.41 Å². The molecule has 3 aromatic rings. The van der Waals surface area contributed by atoms with Gasteiger partial charge in [-0.3, -0.25) is 4.79 Å². The summed E-state index contributed by atoms with van der Waals surface area (Å²) in [7, 11) is 0. The zero-order valence-electron chi connectivity index (χ0n) is 16.6. The second-order valence-corrected chi connectivity index (χ2v) is 7.83. The molecule has 1 heterocycles. The number of rotatable bonds is 5. The zero-order valence-corrected chi connectivity index (χ0v) is 16.6. The highest BCUT2D eigenvalue weighted by molar-refractivity contribution is 5.96. The molecular weight excluding hydrogens is 346 g/mol. The first-order chi connectivity index (χ1) is 13.6. The maximum atomic E-state index is 13.1. The maximum Gasteiger partial charge on any atom is 0.255 e. The lowest BCUT2D eigenvalue weighted by Crippen LogP contribution is -2.39. The molecule has 1 amide bonds. The van der Waals surface area contributed by atoms with Crippen molar-refractivity contribution < 1.29 is 4.79 Å². The third-order valence-corrected chi connectivity index (χ3v) is 6.05. The number of carbonyl (C=O) groups excluding carboxylic acids is 1. The molecule has 1 fully saturated rings. The summed E-state index contributed by atoms with van der Waals surface area (Å²) in [6.45, 7) is 4.54. The molecule has 1 aliphatic rings. The molecule has 4 rings (SSSR count). The Balaban J connectivity index is 1.57. The second kappa shape index (κ2) is 7.63. The molecule has 2 aromatic carbocycles. The normalized spacial score (nSPS) is 15.5. The highest BCUT2D eigenvalue weighted by Gasteiger charge is 2.36. The van der Waals surface area contributed by atoms with E-state index in [0.717, 1.165) is 29.9 Å². The molecule has 4 heteroatoms. The van der Waals surface area contributed by atoms with Gasteiger partial charge < -0.3 is 5.32 Å². The number of benzene rings is 2. The number of nitrogens with one attached hydrogen (secondary N) is 1. The second-order valence-electron chi connectivity index (χ2n) is 7.83. The van der Waals surface area contributed by atoms with Gasteiger partial charge in [0.2, 0.25) is 0 Å². The van der Waals surface area contributed by atoms with E-state index in [0.29, 0.717) is 12.1 Å². The Kier molecular flexibility index (Phi) is 5.03. The van der Waals surface area contributed by atoms with E-state index in [9.17, 15) is 4.79 Å². The lowest BCUT2D eigenvalue weighted by molar-refractivity contribution is 0.0942. The van der Waals surface area contributed by atoms with Gasteiger partial charge in [-0.2, -0.15) is 5.10 Å². The van der Waals surface area contributed by atoms with E-state index in [4.69, 9.17) is 0 Å². The van der Waals surface area contributed by atoms with Crippen LogP contribution in [0.4, 0.5) is 0 Å². The van der Waals surface area contributed by atoms with Gasteiger partial charge in [0, 0.05) is 12.0 Å². The molecule has 1 aromatic heterocycles. The summed E-state index contributed by atoms with van der Waals surface area (Å²) in [5.74, 6) is -0.0283. The van der Waals surface area contributed by atoms with Gasteiger partial charge in [-0.15, -0.1) is 0 Å². The molecule has 4 nitrogen and oxygen atoms in total. The lowest BCUT2D eigenvalue weighted by Gasteiger charge is -2.30. The van der Waals surface area contributed by atoms with Crippen LogP contribution in [0.3, 0.4) is 0 Å². The van der Waals surface area contributed by atoms with Crippen LogP contribution in [0.1, 0.15) is 53.0 Å². The van der Waals surface area contributed by atoms with Crippen molar-refractivity contribution in [3.05, 3.63) is 83.2 Å². The van der Waals surface area contributed by atoms with Crippen molar-refractivity contribution in [2.75, 3.05) is 6.54 Å². The van der Waals surface area contributed by atoms with Crippen molar-refractivity contribution >= 4 is 5.91 Å². The molecule has 1 aliphatic carbocycles. The van der Waals surface area contributed by atoms with Gasteiger partial charge in [0.25, 0.3) is 5.91 Å². The monoisotopic (exact) mass is 373 g/mol. The Hall–Kier alpha value is -2.88. The zero-order chi connectivity index (χ0) is 19.6. The van der Waals surface area contributed by atoms with E-state index in [1.54, 1.807) is 0 Å². The minimum atomic E-state index is -0.0283. The van der Waals surface area contributed by atoms with Crippen LogP contribution < -0.4 is 5.32 Å². The van der Waals surface area contributed by atoms with Gasteiger partial charge in [0.15, 0.2) is 0 Å². The largest absolute Gasteiger partial charge is 0.351 e. The van der Waals surface area contributed by atoms with Crippen molar-refractivity contribution in [2.45, 2.75) is 44.9 Å². The molecule has 0 atom stereocenters. The number of para-hydroxylation sites is 1. The maximum absolute atomic E-state index is 13.1. The number of amides is 1. The van der Waals surface area contributed by atoms with Crippen LogP contribution >= 0.6 is 0 Å². The molecular formula is C24H27N3O. The first kappa shape index (κ1) is 18.5. The number of hydrogen-bond acceptors (Lipinski definition) is 2. The Morgan fingerprint density at radius 1 is 1.00 bits per heavy atom. The molecule has 28 heavy (non-hydrogen) atoms. The minimum Gasteiger partial charge on any atom is -0.351 e. The SMILES string of the molecule is Cc1nn(-c2ccccc2)c(C)c1C(=O)NCC1(c2ccccc2)CCCC1. The molecule has 1 saturated carbocycles. The highest BCUT2D eigenvalue weighted by Crippen LogP contribution is 2.40. The van der Waals surface area contributed by atoms with Crippen molar-refractivity contribution in [1.82, 2.24) is 15.1 Å². The first-order valence-corrected chi connectivity index (χ1v) is 10.1. The Labute approximate surface area is 166 Å². The van der Waals surface area contributed by atoms with E-state index >= 15 is 0 Å². The van der Waals surface area contributed by atoms with Gasteiger partial charge in [0.05, 0.1) is 22.6 Å². The van der Waals surface area contributed by atoms with Crippen LogP contribution in [0.15, 0.2) is 60.7 Å². The molecule has 144 valence electrons. The fourth-order valence-corrected chi connectivity index (χ4v) is 4.54. The van der Waals surface area contributed by atoms with E-state index < -0.39 is 0 Å². The summed E-state index contributed by atoms with van der Waals surface area (Å²) in [5.41, 5.74) is 4.68. The number of hydrogen-bond donors (Lipinski definition) is 1. The highest BCUT2D eigenvalue weighted by atomic mass is 16.1. The number of aryl methyl sites for hydroxylation is 1. The summed E-state index contributed by atoms with van der Waals surface area (Å²) in [4.78, 5) is 13.1. The van der Waals surface area contributed by atoms with Gasteiger partial charge in [-0.1, -0.05) is 61.4 Å². The van der Waals surface area contributed by atoms with E-state index in [1.807, 2.05) is 48.9 Å². The molecule has 0 radical (unpaired) electrons.